The largest absolute Gasteiger partial charge is 0.486 e. The first-order chi connectivity index (χ1) is 7.88. The minimum atomic E-state index is 0.556. The molecule has 0 N–H and O–H groups in total. The van der Waals surface area contributed by atoms with Crippen LogP contribution in [0.1, 0.15) is 18.9 Å². The van der Waals surface area contributed by atoms with Gasteiger partial charge in [0.05, 0.1) is 12.4 Å². The van der Waals surface area contributed by atoms with Crippen molar-refractivity contribution in [2.75, 3.05) is 0 Å². The Balaban J connectivity index is 1.89. The van der Waals surface area contributed by atoms with E-state index < -0.39 is 0 Å². The molecule has 0 fully saturated rings. The van der Waals surface area contributed by atoms with E-state index >= 15 is 0 Å². The van der Waals surface area contributed by atoms with Crippen LogP contribution in [0.5, 0.6) is 5.75 Å². The molecule has 2 heterocycles. The van der Waals surface area contributed by atoms with E-state index in [1.54, 1.807) is 18.6 Å². The molecule has 2 rings (SSSR count). The highest BCUT2D eigenvalue weighted by Gasteiger charge is 1.99. The van der Waals surface area contributed by atoms with Gasteiger partial charge in [-0.3, -0.25) is 9.67 Å². The highest BCUT2D eigenvalue weighted by atomic mass is 16.5. The van der Waals surface area contributed by atoms with Gasteiger partial charge in [0.1, 0.15) is 6.61 Å². The second kappa shape index (κ2) is 5.30. The lowest BCUT2D eigenvalue weighted by Gasteiger charge is -2.02. The predicted octanol–water partition coefficient (Wildman–Crippen LogP) is 2.27. The number of hydrogen-bond donors (Lipinski definition) is 0. The maximum atomic E-state index is 5.61. The third kappa shape index (κ3) is 2.82. The normalized spacial score (nSPS) is 10.3. The molecule has 2 aromatic heterocycles. The highest BCUT2D eigenvalue weighted by molar-refractivity contribution is 5.14. The van der Waals surface area contributed by atoms with Gasteiger partial charge in [0, 0.05) is 18.9 Å². The summed E-state index contributed by atoms with van der Waals surface area (Å²) in [6.07, 6.45) is 8.27. The topological polar surface area (TPSA) is 39.9 Å². The maximum Gasteiger partial charge on any atom is 0.157 e. The lowest BCUT2D eigenvalue weighted by atomic mass is 10.3. The van der Waals surface area contributed by atoms with Crippen molar-refractivity contribution in [3.8, 4) is 5.75 Å². The first-order valence-corrected chi connectivity index (χ1v) is 5.42. The van der Waals surface area contributed by atoms with Gasteiger partial charge >= 0.3 is 0 Å². The second-order valence-corrected chi connectivity index (χ2v) is 3.58. The van der Waals surface area contributed by atoms with Crippen LogP contribution >= 0.6 is 0 Å². The number of pyridine rings is 1. The Kier molecular flexibility index (Phi) is 3.53. The Bertz CT molecular complexity index is 425. The van der Waals surface area contributed by atoms with Crippen molar-refractivity contribution in [3.05, 3.63) is 42.5 Å². The van der Waals surface area contributed by atoms with E-state index in [1.807, 2.05) is 23.0 Å². The van der Waals surface area contributed by atoms with Crippen LogP contribution in [0.25, 0.3) is 0 Å². The predicted molar refractivity (Wildman–Crippen MR) is 61.1 cm³/mol. The summed E-state index contributed by atoms with van der Waals surface area (Å²) in [4.78, 5) is 3.96. The average Bonchev–Trinajstić information content (AvgIpc) is 2.76. The quantitative estimate of drug-likeness (QED) is 0.771. The monoisotopic (exact) mass is 217 g/mol. The van der Waals surface area contributed by atoms with Gasteiger partial charge in [-0.25, -0.2) is 0 Å². The molecule has 16 heavy (non-hydrogen) atoms. The zero-order valence-corrected chi connectivity index (χ0v) is 9.34. The standard InChI is InChI=1S/C12H15N3O/c1-2-7-15-9-12(8-14-15)16-10-11-3-5-13-6-4-11/h3-6,8-9H,2,7,10H2,1H3. The number of hydrogen-bond acceptors (Lipinski definition) is 3. The molecular weight excluding hydrogens is 202 g/mol. The molecule has 84 valence electrons. The molecule has 0 atom stereocenters. The summed E-state index contributed by atoms with van der Waals surface area (Å²) < 4.78 is 7.50. The summed E-state index contributed by atoms with van der Waals surface area (Å²) in [5.74, 6) is 0.810. The minimum Gasteiger partial charge on any atom is -0.486 e. The molecule has 0 amide bonds. The van der Waals surface area contributed by atoms with E-state index in [0.29, 0.717) is 6.61 Å². The Labute approximate surface area is 94.9 Å². The van der Waals surface area contributed by atoms with Crippen LogP contribution in [0.2, 0.25) is 0 Å². The molecular formula is C12H15N3O. The average molecular weight is 217 g/mol. The molecule has 0 aliphatic rings. The van der Waals surface area contributed by atoms with Gasteiger partial charge in [0.2, 0.25) is 0 Å². The summed E-state index contributed by atoms with van der Waals surface area (Å²) in [6.45, 7) is 3.61. The van der Waals surface area contributed by atoms with Gasteiger partial charge in [0.25, 0.3) is 0 Å². The van der Waals surface area contributed by atoms with Crippen LogP contribution in [-0.4, -0.2) is 14.8 Å². The third-order valence-electron chi connectivity index (χ3n) is 2.22. The Morgan fingerprint density at radius 3 is 2.88 bits per heavy atom. The Hall–Kier alpha value is -1.84. The van der Waals surface area contributed by atoms with Crippen molar-refractivity contribution in [1.29, 1.82) is 0 Å². The van der Waals surface area contributed by atoms with Crippen molar-refractivity contribution in [2.45, 2.75) is 26.5 Å². The van der Waals surface area contributed by atoms with Crippen molar-refractivity contribution in [3.63, 3.8) is 0 Å². The van der Waals surface area contributed by atoms with Crippen LogP contribution in [0.4, 0.5) is 0 Å². The van der Waals surface area contributed by atoms with E-state index in [0.717, 1.165) is 24.3 Å². The number of nitrogens with zero attached hydrogens (tertiary/aromatic N) is 3. The number of aryl methyl sites for hydroxylation is 1. The first-order valence-electron chi connectivity index (χ1n) is 5.42. The summed E-state index contributed by atoms with van der Waals surface area (Å²) >= 11 is 0. The van der Waals surface area contributed by atoms with Crippen LogP contribution in [0.3, 0.4) is 0 Å². The summed E-state index contributed by atoms with van der Waals surface area (Å²) in [7, 11) is 0. The van der Waals surface area contributed by atoms with Crippen LogP contribution in [0.15, 0.2) is 36.9 Å². The van der Waals surface area contributed by atoms with Crippen molar-refractivity contribution in [1.82, 2.24) is 14.8 Å². The SMILES string of the molecule is CCCn1cc(OCc2ccncc2)cn1. The van der Waals surface area contributed by atoms with E-state index in [9.17, 15) is 0 Å². The summed E-state index contributed by atoms with van der Waals surface area (Å²) in [6, 6.07) is 3.88. The molecule has 4 heteroatoms. The zero-order valence-electron chi connectivity index (χ0n) is 9.34. The lowest BCUT2D eigenvalue weighted by molar-refractivity contribution is 0.305. The number of rotatable bonds is 5. The van der Waals surface area contributed by atoms with Gasteiger partial charge in [0.15, 0.2) is 5.75 Å². The Morgan fingerprint density at radius 1 is 1.31 bits per heavy atom. The molecule has 0 saturated heterocycles. The van der Waals surface area contributed by atoms with Crippen molar-refractivity contribution >= 4 is 0 Å². The lowest BCUT2D eigenvalue weighted by Crippen LogP contribution is -1.96. The summed E-state index contributed by atoms with van der Waals surface area (Å²) in [5.41, 5.74) is 1.11. The summed E-state index contributed by atoms with van der Waals surface area (Å²) in [5, 5.41) is 4.20. The fraction of sp³-hybridized carbons (Fsp3) is 0.333. The molecule has 4 nitrogen and oxygen atoms in total. The van der Waals surface area contributed by atoms with Gasteiger partial charge in [-0.1, -0.05) is 6.92 Å². The van der Waals surface area contributed by atoms with E-state index in [1.165, 1.54) is 0 Å². The molecule has 0 radical (unpaired) electrons. The van der Waals surface area contributed by atoms with Crippen molar-refractivity contribution in [2.24, 2.45) is 0 Å². The molecule has 0 saturated carbocycles. The molecule has 0 unspecified atom stereocenters. The fourth-order valence-electron chi connectivity index (χ4n) is 1.42. The molecule has 0 aliphatic heterocycles. The van der Waals surface area contributed by atoms with E-state index in [-0.39, 0.29) is 0 Å². The number of ether oxygens (including phenoxy) is 1. The Morgan fingerprint density at radius 2 is 2.12 bits per heavy atom. The van der Waals surface area contributed by atoms with Gasteiger partial charge < -0.3 is 4.74 Å². The minimum absolute atomic E-state index is 0.556. The number of aromatic nitrogens is 3. The van der Waals surface area contributed by atoms with Gasteiger partial charge in [-0.2, -0.15) is 5.10 Å². The fourth-order valence-corrected chi connectivity index (χ4v) is 1.42. The van der Waals surface area contributed by atoms with Gasteiger partial charge in [-0.15, -0.1) is 0 Å². The molecule has 2 aromatic rings. The smallest absolute Gasteiger partial charge is 0.157 e. The molecule has 0 bridgehead atoms. The van der Waals surface area contributed by atoms with E-state index in [4.69, 9.17) is 4.74 Å². The molecule has 0 aliphatic carbocycles. The molecule has 0 spiro atoms. The third-order valence-corrected chi connectivity index (χ3v) is 2.22. The van der Waals surface area contributed by atoms with Gasteiger partial charge in [-0.05, 0) is 24.1 Å². The second-order valence-electron chi connectivity index (χ2n) is 3.58. The molecule has 0 aromatic carbocycles. The van der Waals surface area contributed by atoms with E-state index in [2.05, 4.69) is 17.0 Å². The zero-order chi connectivity index (χ0) is 11.2. The van der Waals surface area contributed by atoms with Crippen LogP contribution in [-0.2, 0) is 13.2 Å². The highest BCUT2D eigenvalue weighted by Crippen LogP contribution is 2.11. The van der Waals surface area contributed by atoms with Crippen LogP contribution < -0.4 is 4.74 Å². The first kappa shape index (κ1) is 10.7. The maximum absolute atomic E-state index is 5.61. The van der Waals surface area contributed by atoms with Crippen molar-refractivity contribution < 1.29 is 4.74 Å². The van der Waals surface area contributed by atoms with Crippen LogP contribution in [0, 0.1) is 0 Å².